The Bertz CT molecular complexity index is 573. The van der Waals surface area contributed by atoms with Crippen molar-refractivity contribution in [3.63, 3.8) is 0 Å². The van der Waals surface area contributed by atoms with Gasteiger partial charge in [-0.25, -0.2) is 4.79 Å². The van der Waals surface area contributed by atoms with E-state index in [-0.39, 0.29) is 5.57 Å². The van der Waals surface area contributed by atoms with Gasteiger partial charge >= 0.3 is 5.97 Å². The molecule has 0 radical (unpaired) electrons. The maximum Gasteiger partial charge on any atom is 0.334 e. The van der Waals surface area contributed by atoms with Gasteiger partial charge in [-0.1, -0.05) is 0 Å². The van der Waals surface area contributed by atoms with Crippen LogP contribution >= 0.6 is 0 Å². The summed E-state index contributed by atoms with van der Waals surface area (Å²) < 4.78 is 16.3. The topological polar surface area (TPSA) is 166 Å². The van der Waals surface area contributed by atoms with E-state index in [1.54, 1.807) is 6.92 Å². The number of hydrogen-bond acceptors (Lipinski definition) is 9. The van der Waals surface area contributed by atoms with Crippen LogP contribution in [0.1, 0.15) is 19.8 Å². The lowest BCUT2D eigenvalue weighted by molar-refractivity contribution is -0.346. The molecule has 0 aromatic heterocycles. The first-order valence-electron chi connectivity index (χ1n) is 8.44. The monoisotopic (exact) mass is 376 g/mol. The molecule has 2 aliphatic heterocycles. The standard InChI is InChI=1S/C16H24O10/c1-16(23)3-2-6-7(13(21)22)5-24-14(9(6)16)26-15-12(20)11(19)10(18)8(4-17)25-15/h5-6,8-12,14-15,17-20,23H,2-4H2,1H3,(H,21,22)/t6-,8-,9-,10-,11+,12-,14+,15+,16+/m0/s1. The zero-order valence-electron chi connectivity index (χ0n) is 14.1. The van der Waals surface area contributed by atoms with Crippen LogP contribution in [0.2, 0.25) is 0 Å². The molecule has 0 aromatic carbocycles. The highest BCUT2D eigenvalue weighted by Gasteiger charge is 2.55. The molecule has 6 N–H and O–H groups in total. The van der Waals surface area contributed by atoms with Crippen LogP contribution in [0.5, 0.6) is 0 Å². The van der Waals surface area contributed by atoms with Crippen LogP contribution in [0.25, 0.3) is 0 Å². The highest BCUT2D eigenvalue weighted by molar-refractivity contribution is 5.87. The molecule has 3 rings (SSSR count). The average Bonchev–Trinajstić information content (AvgIpc) is 2.91. The van der Waals surface area contributed by atoms with Gasteiger partial charge in [-0.2, -0.15) is 0 Å². The summed E-state index contributed by atoms with van der Waals surface area (Å²) in [6.45, 7) is 0.943. The number of aliphatic hydroxyl groups is 5. The maximum absolute atomic E-state index is 11.4. The van der Waals surface area contributed by atoms with Gasteiger partial charge in [-0.15, -0.1) is 0 Å². The van der Waals surface area contributed by atoms with E-state index in [1.807, 2.05) is 0 Å². The van der Waals surface area contributed by atoms with E-state index in [9.17, 15) is 35.4 Å². The van der Waals surface area contributed by atoms with Crippen molar-refractivity contribution >= 4 is 5.97 Å². The highest BCUT2D eigenvalue weighted by atomic mass is 16.8. The number of aliphatic hydroxyl groups excluding tert-OH is 4. The highest BCUT2D eigenvalue weighted by Crippen LogP contribution is 2.49. The minimum atomic E-state index is -1.62. The van der Waals surface area contributed by atoms with Crippen LogP contribution in [0.4, 0.5) is 0 Å². The molecule has 9 atom stereocenters. The third-order valence-corrected chi connectivity index (χ3v) is 5.50. The molecule has 1 saturated heterocycles. The Morgan fingerprint density at radius 1 is 1.27 bits per heavy atom. The van der Waals surface area contributed by atoms with Crippen molar-refractivity contribution in [3.8, 4) is 0 Å². The first kappa shape index (κ1) is 19.5. The van der Waals surface area contributed by atoms with Crippen molar-refractivity contribution in [2.24, 2.45) is 11.8 Å². The Morgan fingerprint density at radius 2 is 1.96 bits per heavy atom. The summed E-state index contributed by atoms with van der Waals surface area (Å²) in [5, 5.41) is 58.9. The molecule has 10 nitrogen and oxygen atoms in total. The molecule has 0 amide bonds. The summed E-state index contributed by atoms with van der Waals surface area (Å²) in [7, 11) is 0. The largest absolute Gasteiger partial charge is 0.478 e. The summed E-state index contributed by atoms with van der Waals surface area (Å²) in [5.41, 5.74) is -1.24. The summed E-state index contributed by atoms with van der Waals surface area (Å²) >= 11 is 0. The number of ether oxygens (including phenoxy) is 3. The van der Waals surface area contributed by atoms with Crippen molar-refractivity contribution in [1.29, 1.82) is 0 Å². The van der Waals surface area contributed by atoms with Crippen molar-refractivity contribution in [2.45, 2.75) is 62.4 Å². The number of rotatable bonds is 4. The second-order valence-corrected chi connectivity index (χ2v) is 7.24. The van der Waals surface area contributed by atoms with Crippen molar-refractivity contribution in [3.05, 3.63) is 11.8 Å². The first-order chi connectivity index (χ1) is 12.2. The molecular weight excluding hydrogens is 352 g/mol. The van der Waals surface area contributed by atoms with Gasteiger partial charge in [0, 0.05) is 5.92 Å². The molecule has 148 valence electrons. The van der Waals surface area contributed by atoms with Gasteiger partial charge in [0.2, 0.25) is 6.29 Å². The van der Waals surface area contributed by atoms with Crippen LogP contribution in [-0.2, 0) is 19.0 Å². The fourth-order valence-electron chi connectivity index (χ4n) is 4.01. The number of fused-ring (bicyclic) bond motifs is 1. The van der Waals surface area contributed by atoms with Crippen molar-refractivity contribution in [2.75, 3.05) is 6.61 Å². The SMILES string of the molecule is C[C@@]1(O)CC[C@H]2C(C(=O)O)=CO[C@H](O[C@H]3O[C@@H](CO)[C@H](O)[C@@H](O)[C@@H]3O)[C@H]21. The van der Waals surface area contributed by atoms with Gasteiger partial charge in [-0.3, -0.25) is 0 Å². The van der Waals surface area contributed by atoms with Crippen molar-refractivity contribution in [1.82, 2.24) is 0 Å². The molecule has 0 unspecified atom stereocenters. The fraction of sp³-hybridized carbons (Fsp3) is 0.812. The zero-order chi connectivity index (χ0) is 19.2. The minimum Gasteiger partial charge on any atom is -0.478 e. The van der Waals surface area contributed by atoms with Gasteiger partial charge < -0.3 is 44.8 Å². The predicted octanol–water partition coefficient (Wildman–Crippen LogP) is -2.10. The average molecular weight is 376 g/mol. The Morgan fingerprint density at radius 3 is 2.58 bits per heavy atom. The lowest BCUT2D eigenvalue weighted by atomic mass is 9.81. The van der Waals surface area contributed by atoms with Crippen LogP contribution in [-0.4, -0.2) is 85.8 Å². The minimum absolute atomic E-state index is 0.0291. The third kappa shape index (κ3) is 3.22. The Labute approximate surface area is 149 Å². The molecule has 1 saturated carbocycles. The van der Waals surface area contributed by atoms with Gasteiger partial charge in [0.1, 0.15) is 24.4 Å². The van der Waals surface area contributed by atoms with E-state index in [2.05, 4.69) is 0 Å². The van der Waals surface area contributed by atoms with E-state index in [1.165, 1.54) is 0 Å². The quantitative estimate of drug-likeness (QED) is 0.320. The van der Waals surface area contributed by atoms with Crippen LogP contribution in [0.15, 0.2) is 11.8 Å². The fourth-order valence-corrected chi connectivity index (χ4v) is 4.01. The molecule has 3 aliphatic rings. The maximum atomic E-state index is 11.4. The molecular formula is C16H24O10. The Balaban J connectivity index is 1.81. The molecule has 0 bridgehead atoms. The lowest BCUT2D eigenvalue weighted by Gasteiger charge is -2.44. The van der Waals surface area contributed by atoms with Gasteiger partial charge in [0.05, 0.1) is 30.0 Å². The summed E-state index contributed by atoms with van der Waals surface area (Å²) in [5.74, 6) is -2.39. The third-order valence-electron chi connectivity index (χ3n) is 5.50. The summed E-state index contributed by atoms with van der Waals surface area (Å²) in [4.78, 5) is 11.4. The van der Waals surface area contributed by atoms with Gasteiger partial charge in [0.15, 0.2) is 6.29 Å². The molecule has 10 heteroatoms. The van der Waals surface area contributed by atoms with Gasteiger partial charge in [-0.05, 0) is 19.8 Å². The van der Waals surface area contributed by atoms with E-state index in [4.69, 9.17) is 14.2 Å². The summed E-state index contributed by atoms with van der Waals surface area (Å²) in [6, 6.07) is 0. The van der Waals surface area contributed by atoms with Crippen molar-refractivity contribution < 1.29 is 49.6 Å². The van der Waals surface area contributed by atoms with E-state index >= 15 is 0 Å². The van der Waals surface area contributed by atoms with Crippen LogP contribution < -0.4 is 0 Å². The Hall–Kier alpha value is -1.27. The second-order valence-electron chi connectivity index (χ2n) is 7.24. The number of aliphatic carboxylic acids is 1. The molecule has 26 heavy (non-hydrogen) atoms. The normalized spacial score (nSPS) is 48.5. The molecule has 0 spiro atoms. The van der Waals surface area contributed by atoms with Crippen LogP contribution in [0, 0.1) is 11.8 Å². The molecule has 2 fully saturated rings. The number of carbonyl (C=O) groups is 1. The number of carboxylic acids is 1. The zero-order valence-corrected chi connectivity index (χ0v) is 14.1. The number of carboxylic acid groups (broad SMARTS) is 1. The smallest absolute Gasteiger partial charge is 0.334 e. The van der Waals surface area contributed by atoms with Crippen LogP contribution in [0.3, 0.4) is 0 Å². The van der Waals surface area contributed by atoms with E-state index in [0.29, 0.717) is 12.8 Å². The molecule has 1 aliphatic carbocycles. The first-order valence-corrected chi connectivity index (χ1v) is 8.44. The number of hydrogen-bond donors (Lipinski definition) is 6. The predicted molar refractivity (Wildman–Crippen MR) is 82.3 cm³/mol. The lowest BCUT2D eigenvalue weighted by Crippen LogP contribution is -2.60. The molecule has 2 heterocycles. The summed E-state index contributed by atoms with van der Waals surface area (Å²) in [6.07, 6.45) is -6.66. The van der Waals surface area contributed by atoms with E-state index in [0.717, 1.165) is 6.26 Å². The Kier molecular flexibility index (Phi) is 5.28. The van der Waals surface area contributed by atoms with Gasteiger partial charge in [0.25, 0.3) is 0 Å². The molecule has 0 aromatic rings. The second kappa shape index (κ2) is 7.04. The van der Waals surface area contributed by atoms with E-state index < -0.39 is 67.0 Å².